The normalized spacial score (nSPS) is 14.7. The van der Waals surface area contributed by atoms with Crippen molar-refractivity contribution in [2.75, 3.05) is 10.8 Å². The summed E-state index contributed by atoms with van der Waals surface area (Å²) in [7, 11) is -4.21. The largest absolute Gasteiger partial charge is 0.352 e. The van der Waals surface area contributed by atoms with E-state index < -0.39 is 34.3 Å². The van der Waals surface area contributed by atoms with Crippen LogP contribution in [0.1, 0.15) is 55.7 Å². The number of carbonyl (C=O) groups is 2. The number of rotatable bonds is 10. The molecule has 1 aliphatic carbocycles. The van der Waals surface area contributed by atoms with Gasteiger partial charge in [0.1, 0.15) is 18.4 Å². The van der Waals surface area contributed by atoms with Gasteiger partial charge in [0.2, 0.25) is 11.8 Å². The third kappa shape index (κ3) is 7.69. The Bertz CT molecular complexity index is 1510. The lowest BCUT2D eigenvalue weighted by atomic mass is 9.95. The summed E-state index contributed by atoms with van der Waals surface area (Å²) in [5.41, 5.74) is 2.36. The molecule has 0 unspecified atom stereocenters. The molecule has 1 atom stereocenters. The third-order valence-electron chi connectivity index (χ3n) is 7.71. The van der Waals surface area contributed by atoms with E-state index in [9.17, 15) is 22.4 Å². The summed E-state index contributed by atoms with van der Waals surface area (Å²) in [6, 6.07) is 16.0. The zero-order valence-electron chi connectivity index (χ0n) is 24.1. The predicted molar refractivity (Wildman–Crippen MR) is 163 cm³/mol. The number of aryl methyl sites for hydroxylation is 2. The second-order valence-electron chi connectivity index (χ2n) is 10.9. The van der Waals surface area contributed by atoms with Crippen LogP contribution < -0.4 is 9.62 Å². The molecule has 3 aromatic carbocycles. The highest BCUT2D eigenvalue weighted by Gasteiger charge is 2.34. The maximum absolute atomic E-state index is 14.1. The minimum Gasteiger partial charge on any atom is -0.352 e. The Hall–Kier alpha value is -3.43. The van der Waals surface area contributed by atoms with E-state index in [4.69, 9.17) is 11.6 Å². The number of sulfonamides is 1. The van der Waals surface area contributed by atoms with E-state index in [0.717, 1.165) is 42.0 Å². The van der Waals surface area contributed by atoms with Gasteiger partial charge in [-0.1, -0.05) is 66.8 Å². The molecule has 0 spiro atoms. The van der Waals surface area contributed by atoms with E-state index in [2.05, 4.69) is 5.32 Å². The van der Waals surface area contributed by atoms with Crippen molar-refractivity contribution in [3.05, 3.63) is 94.3 Å². The van der Waals surface area contributed by atoms with Crippen molar-refractivity contribution >= 4 is 39.1 Å². The van der Waals surface area contributed by atoms with Crippen molar-refractivity contribution in [1.82, 2.24) is 10.2 Å². The zero-order valence-corrected chi connectivity index (χ0v) is 25.7. The number of amides is 2. The van der Waals surface area contributed by atoms with E-state index >= 15 is 0 Å². The van der Waals surface area contributed by atoms with Gasteiger partial charge in [0.05, 0.1) is 10.6 Å². The summed E-state index contributed by atoms with van der Waals surface area (Å²) in [6.45, 7) is 4.64. The van der Waals surface area contributed by atoms with Gasteiger partial charge in [0, 0.05) is 17.6 Å². The van der Waals surface area contributed by atoms with Crippen LogP contribution in [0.2, 0.25) is 5.02 Å². The average Bonchev–Trinajstić information content (AvgIpc) is 2.97. The Morgan fingerprint density at radius 3 is 2.26 bits per heavy atom. The molecule has 4 rings (SSSR count). The van der Waals surface area contributed by atoms with Crippen LogP contribution in [0, 0.1) is 19.7 Å². The van der Waals surface area contributed by atoms with Crippen molar-refractivity contribution in [1.29, 1.82) is 0 Å². The molecular formula is C32H37ClFN3O4S. The van der Waals surface area contributed by atoms with Crippen LogP contribution in [-0.2, 0) is 26.2 Å². The molecule has 0 aliphatic heterocycles. The number of anilines is 1. The molecule has 0 radical (unpaired) electrons. The van der Waals surface area contributed by atoms with Gasteiger partial charge in [0.15, 0.2) is 0 Å². The molecule has 42 heavy (non-hydrogen) atoms. The minimum absolute atomic E-state index is 0.00862. The summed E-state index contributed by atoms with van der Waals surface area (Å²) in [6.07, 6.45) is 4.94. The highest BCUT2D eigenvalue weighted by atomic mass is 35.5. The number of benzene rings is 3. The molecular weight excluding hydrogens is 577 g/mol. The van der Waals surface area contributed by atoms with Gasteiger partial charge >= 0.3 is 0 Å². The van der Waals surface area contributed by atoms with Gasteiger partial charge in [-0.25, -0.2) is 12.8 Å². The Kier molecular flexibility index (Phi) is 10.3. The van der Waals surface area contributed by atoms with Crippen LogP contribution in [0.25, 0.3) is 0 Å². The fourth-order valence-corrected chi connectivity index (χ4v) is 6.78. The van der Waals surface area contributed by atoms with E-state index in [-0.39, 0.29) is 29.1 Å². The molecule has 3 aromatic rings. The third-order valence-corrected chi connectivity index (χ3v) is 9.72. The van der Waals surface area contributed by atoms with Gasteiger partial charge in [-0.05, 0) is 81.1 Å². The van der Waals surface area contributed by atoms with Gasteiger partial charge in [-0.3, -0.25) is 13.9 Å². The maximum Gasteiger partial charge on any atom is 0.264 e. The van der Waals surface area contributed by atoms with E-state index in [1.165, 1.54) is 35.2 Å². The standard InChI is InChI=1S/C32H37ClFN3O4S/c1-22-9-17-29(18-10-22)42(40,41)37(30-19-26(33)14-11-23(30)2)21-31(38)36(20-25-12-15-27(34)16-13-25)24(3)32(39)35-28-7-5-4-6-8-28/h9-19,24,28H,4-8,20-21H2,1-3H3,(H,35,39)/t24-/m0/s1. The first-order valence-electron chi connectivity index (χ1n) is 14.2. The van der Waals surface area contributed by atoms with Crippen LogP contribution in [0.3, 0.4) is 0 Å². The number of carbonyl (C=O) groups excluding carboxylic acids is 2. The Morgan fingerprint density at radius 1 is 0.976 bits per heavy atom. The van der Waals surface area contributed by atoms with Crippen LogP contribution in [0.4, 0.5) is 10.1 Å². The minimum atomic E-state index is -4.21. The number of nitrogens with zero attached hydrogens (tertiary/aromatic N) is 2. The maximum atomic E-state index is 14.1. The summed E-state index contributed by atoms with van der Waals surface area (Å²) in [5, 5.41) is 3.39. The molecule has 0 aromatic heterocycles. The van der Waals surface area contributed by atoms with Gasteiger partial charge in [-0.15, -0.1) is 0 Å². The Morgan fingerprint density at radius 2 is 1.62 bits per heavy atom. The van der Waals surface area contributed by atoms with Crippen LogP contribution in [0.5, 0.6) is 0 Å². The fourth-order valence-electron chi connectivity index (χ4n) is 5.14. The van der Waals surface area contributed by atoms with Crippen LogP contribution in [-0.4, -0.2) is 43.8 Å². The lowest BCUT2D eigenvalue weighted by Crippen LogP contribution is -2.53. The zero-order chi connectivity index (χ0) is 30.4. The van der Waals surface area contributed by atoms with Crippen molar-refractivity contribution in [2.24, 2.45) is 0 Å². The number of nitrogens with one attached hydrogen (secondary N) is 1. The van der Waals surface area contributed by atoms with Crippen LogP contribution >= 0.6 is 11.6 Å². The number of hydrogen-bond acceptors (Lipinski definition) is 4. The molecule has 224 valence electrons. The molecule has 10 heteroatoms. The second kappa shape index (κ2) is 13.7. The first-order chi connectivity index (χ1) is 20.0. The number of hydrogen-bond donors (Lipinski definition) is 1. The van der Waals surface area contributed by atoms with Crippen LogP contribution in [0.15, 0.2) is 71.6 Å². The average molecular weight is 614 g/mol. The molecule has 0 heterocycles. The molecule has 0 saturated heterocycles. The monoisotopic (exact) mass is 613 g/mol. The van der Waals surface area contributed by atoms with Crippen molar-refractivity contribution < 1.29 is 22.4 Å². The van der Waals surface area contributed by atoms with Crippen molar-refractivity contribution in [3.8, 4) is 0 Å². The van der Waals surface area contributed by atoms with Gasteiger partial charge in [0.25, 0.3) is 10.0 Å². The summed E-state index contributed by atoms with van der Waals surface area (Å²) in [5.74, 6) is -1.32. The highest BCUT2D eigenvalue weighted by Crippen LogP contribution is 2.30. The SMILES string of the molecule is Cc1ccc(S(=O)(=O)N(CC(=O)N(Cc2ccc(F)cc2)[C@@H](C)C(=O)NC2CCCCC2)c2cc(Cl)ccc2C)cc1. The molecule has 7 nitrogen and oxygen atoms in total. The summed E-state index contributed by atoms with van der Waals surface area (Å²) < 4.78 is 42.7. The molecule has 1 N–H and O–H groups in total. The predicted octanol–water partition coefficient (Wildman–Crippen LogP) is 6.16. The van der Waals surface area contributed by atoms with E-state index in [1.54, 1.807) is 50.2 Å². The molecule has 2 amide bonds. The molecule has 1 fully saturated rings. The Labute approximate surface area is 252 Å². The summed E-state index contributed by atoms with van der Waals surface area (Å²) >= 11 is 6.28. The van der Waals surface area contributed by atoms with Crippen molar-refractivity contribution in [2.45, 2.75) is 76.4 Å². The number of halogens is 2. The smallest absolute Gasteiger partial charge is 0.264 e. The summed E-state index contributed by atoms with van der Waals surface area (Å²) in [4.78, 5) is 28.9. The Balaban J connectivity index is 1.70. The topological polar surface area (TPSA) is 86.8 Å². The lowest BCUT2D eigenvalue weighted by molar-refractivity contribution is -0.139. The van der Waals surface area contributed by atoms with Crippen molar-refractivity contribution in [3.63, 3.8) is 0 Å². The van der Waals surface area contributed by atoms with E-state index in [1.807, 2.05) is 6.92 Å². The molecule has 1 aliphatic rings. The molecule has 1 saturated carbocycles. The second-order valence-corrected chi connectivity index (χ2v) is 13.2. The van der Waals surface area contributed by atoms with Gasteiger partial charge in [-0.2, -0.15) is 0 Å². The fraction of sp³-hybridized carbons (Fsp3) is 0.375. The quantitative estimate of drug-likeness (QED) is 0.297. The highest BCUT2D eigenvalue weighted by molar-refractivity contribution is 7.92. The van der Waals surface area contributed by atoms with E-state index in [0.29, 0.717) is 16.1 Å². The molecule has 0 bridgehead atoms. The lowest BCUT2D eigenvalue weighted by Gasteiger charge is -2.33. The first-order valence-corrected chi connectivity index (χ1v) is 16.0. The van der Waals surface area contributed by atoms with Gasteiger partial charge < -0.3 is 10.2 Å². The first kappa shape index (κ1) is 31.5.